The van der Waals surface area contributed by atoms with Gasteiger partial charge in [0, 0.05) is 43.5 Å². The van der Waals surface area contributed by atoms with Gasteiger partial charge in [-0.15, -0.1) is 0 Å². The predicted octanol–water partition coefficient (Wildman–Crippen LogP) is 3.85. The fourth-order valence-electron chi connectivity index (χ4n) is 3.80. The predicted molar refractivity (Wildman–Crippen MR) is 130 cm³/mol. The van der Waals surface area contributed by atoms with E-state index in [4.69, 9.17) is 4.74 Å². The van der Waals surface area contributed by atoms with Gasteiger partial charge in [0.25, 0.3) is 5.91 Å². The molecule has 33 heavy (non-hydrogen) atoms. The van der Waals surface area contributed by atoms with E-state index in [-0.39, 0.29) is 11.9 Å². The Morgan fingerprint density at radius 3 is 2.42 bits per heavy atom. The molecule has 7 nitrogen and oxygen atoms in total. The number of carbonyl (C=O) groups is 2. The number of hydrogen-bond acceptors (Lipinski definition) is 5. The molecule has 0 atom stereocenters. The summed E-state index contributed by atoms with van der Waals surface area (Å²) < 4.78 is 6.59. The molecule has 0 saturated heterocycles. The first-order valence-corrected chi connectivity index (χ1v) is 11.2. The first kappa shape index (κ1) is 24.0. The maximum Gasteiger partial charge on any atom is 0.305 e. The summed E-state index contributed by atoms with van der Waals surface area (Å²) in [7, 11) is 3.45. The van der Waals surface area contributed by atoms with E-state index in [0.29, 0.717) is 24.9 Å². The van der Waals surface area contributed by atoms with Crippen molar-refractivity contribution in [2.24, 2.45) is 0 Å². The van der Waals surface area contributed by atoms with E-state index in [1.807, 2.05) is 61.0 Å². The number of esters is 1. The summed E-state index contributed by atoms with van der Waals surface area (Å²) in [4.78, 5) is 26.2. The summed E-state index contributed by atoms with van der Waals surface area (Å²) in [5.74, 6) is -0.320. The zero-order valence-electron chi connectivity index (χ0n) is 19.8. The van der Waals surface area contributed by atoms with Crippen molar-refractivity contribution < 1.29 is 14.3 Å². The largest absolute Gasteiger partial charge is 0.469 e. The van der Waals surface area contributed by atoms with E-state index in [9.17, 15) is 9.59 Å². The van der Waals surface area contributed by atoms with Crippen LogP contribution in [0.4, 0.5) is 5.69 Å². The van der Waals surface area contributed by atoms with Crippen LogP contribution >= 0.6 is 0 Å². The van der Waals surface area contributed by atoms with Gasteiger partial charge in [0.15, 0.2) is 0 Å². The molecule has 0 saturated carbocycles. The van der Waals surface area contributed by atoms with E-state index in [0.717, 1.165) is 41.3 Å². The van der Waals surface area contributed by atoms with Crippen molar-refractivity contribution in [2.75, 3.05) is 32.1 Å². The number of amides is 1. The molecule has 0 fully saturated rings. The molecule has 0 bridgehead atoms. The average molecular weight is 449 g/mol. The molecule has 2 aromatic carbocycles. The van der Waals surface area contributed by atoms with Crippen molar-refractivity contribution in [1.82, 2.24) is 15.1 Å². The van der Waals surface area contributed by atoms with Crippen LogP contribution in [0.1, 0.15) is 40.2 Å². The van der Waals surface area contributed by atoms with Gasteiger partial charge in [0.2, 0.25) is 0 Å². The average Bonchev–Trinajstić information content (AvgIpc) is 3.13. The second kappa shape index (κ2) is 11.3. The van der Waals surface area contributed by atoms with Crippen molar-refractivity contribution in [3.63, 3.8) is 0 Å². The van der Waals surface area contributed by atoms with Crippen LogP contribution in [0, 0.1) is 13.8 Å². The summed E-state index contributed by atoms with van der Waals surface area (Å²) in [5.41, 5.74) is 5.57. The van der Waals surface area contributed by atoms with Crippen LogP contribution in [0.5, 0.6) is 0 Å². The van der Waals surface area contributed by atoms with Gasteiger partial charge >= 0.3 is 5.97 Å². The molecule has 0 aliphatic heterocycles. The number of aryl methyl sites for hydroxylation is 1. The first-order chi connectivity index (χ1) is 15.9. The Morgan fingerprint density at radius 2 is 1.76 bits per heavy atom. The number of methoxy groups -OCH3 is 1. The highest BCUT2D eigenvalue weighted by atomic mass is 16.5. The third-order valence-electron chi connectivity index (χ3n) is 5.77. The molecular weight excluding hydrogens is 416 g/mol. The number of hydrogen-bond donors (Lipinski definition) is 1. The van der Waals surface area contributed by atoms with Crippen LogP contribution in [0.15, 0.2) is 54.6 Å². The SMILES string of the molecule is COC(=O)CCc1c(C)nn(-c2ccc(C(=O)NCCCN(C)c3ccccc3)cc2)c1C. The Morgan fingerprint density at radius 1 is 1.06 bits per heavy atom. The minimum absolute atomic E-state index is 0.0870. The Bertz CT molecular complexity index is 1070. The maximum atomic E-state index is 12.5. The molecule has 0 aliphatic carbocycles. The molecular formula is C26H32N4O3. The Labute approximate surface area is 195 Å². The second-order valence-corrected chi connectivity index (χ2v) is 8.05. The van der Waals surface area contributed by atoms with Gasteiger partial charge < -0.3 is 15.0 Å². The van der Waals surface area contributed by atoms with E-state index in [2.05, 4.69) is 34.5 Å². The first-order valence-electron chi connectivity index (χ1n) is 11.2. The van der Waals surface area contributed by atoms with Gasteiger partial charge in [-0.3, -0.25) is 9.59 Å². The third-order valence-corrected chi connectivity index (χ3v) is 5.77. The lowest BCUT2D eigenvalue weighted by molar-refractivity contribution is -0.140. The molecule has 0 unspecified atom stereocenters. The minimum Gasteiger partial charge on any atom is -0.469 e. The monoisotopic (exact) mass is 448 g/mol. The lowest BCUT2D eigenvalue weighted by Gasteiger charge is -2.19. The molecule has 1 heterocycles. The topological polar surface area (TPSA) is 76.5 Å². The molecule has 1 N–H and O–H groups in total. The number of benzene rings is 2. The maximum absolute atomic E-state index is 12.5. The van der Waals surface area contributed by atoms with E-state index in [1.54, 1.807) is 0 Å². The smallest absolute Gasteiger partial charge is 0.305 e. The summed E-state index contributed by atoms with van der Waals surface area (Å²) >= 11 is 0. The highest BCUT2D eigenvalue weighted by Crippen LogP contribution is 2.20. The summed E-state index contributed by atoms with van der Waals surface area (Å²) in [5, 5.41) is 7.61. The van der Waals surface area contributed by atoms with Crippen LogP contribution in [0.2, 0.25) is 0 Å². The van der Waals surface area contributed by atoms with Crippen molar-refractivity contribution in [3.8, 4) is 5.69 Å². The van der Waals surface area contributed by atoms with Gasteiger partial charge in [-0.05, 0) is 68.7 Å². The molecule has 3 rings (SSSR count). The van der Waals surface area contributed by atoms with Crippen molar-refractivity contribution in [1.29, 1.82) is 0 Å². The van der Waals surface area contributed by atoms with E-state index < -0.39 is 0 Å². The fraction of sp³-hybridized carbons (Fsp3) is 0.346. The molecule has 1 amide bonds. The van der Waals surface area contributed by atoms with E-state index >= 15 is 0 Å². The van der Waals surface area contributed by atoms with Gasteiger partial charge in [-0.2, -0.15) is 5.10 Å². The number of nitrogens with one attached hydrogen (secondary N) is 1. The number of nitrogens with zero attached hydrogens (tertiary/aromatic N) is 3. The number of ether oxygens (including phenoxy) is 1. The number of para-hydroxylation sites is 1. The lowest BCUT2D eigenvalue weighted by atomic mass is 10.1. The molecule has 7 heteroatoms. The fourth-order valence-corrected chi connectivity index (χ4v) is 3.80. The van der Waals surface area contributed by atoms with Crippen molar-refractivity contribution >= 4 is 17.6 Å². The standard InChI is InChI=1S/C26H32N4O3/c1-19-24(15-16-25(31)33-4)20(2)30(28-19)23-13-11-21(12-14-23)26(32)27-17-8-18-29(3)22-9-6-5-7-10-22/h5-7,9-14H,8,15-18H2,1-4H3,(H,27,32). The van der Waals surface area contributed by atoms with Gasteiger partial charge in [0.1, 0.15) is 0 Å². The summed E-state index contributed by atoms with van der Waals surface area (Å²) in [6.07, 6.45) is 1.77. The highest BCUT2D eigenvalue weighted by molar-refractivity contribution is 5.94. The number of aromatic nitrogens is 2. The molecule has 0 spiro atoms. The quantitative estimate of drug-likeness (QED) is 0.377. The third kappa shape index (κ3) is 6.22. The lowest BCUT2D eigenvalue weighted by Crippen LogP contribution is -2.28. The zero-order chi connectivity index (χ0) is 23.8. The molecule has 0 radical (unpaired) electrons. The van der Waals surface area contributed by atoms with Crippen LogP contribution in [-0.4, -0.2) is 48.9 Å². The molecule has 174 valence electrons. The normalized spacial score (nSPS) is 10.7. The summed E-state index contributed by atoms with van der Waals surface area (Å²) in [6.45, 7) is 5.39. The number of rotatable bonds is 10. The van der Waals surface area contributed by atoms with Crippen LogP contribution in [0.25, 0.3) is 5.69 Å². The van der Waals surface area contributed by atoms with Crippen molar-refractivity contribution in [2.45, 2.75) is 33.1 Å². The summed E-state index contributed by atoms with van der Waals surface area (Å²) in [6, 6.07) is 17.6. The minimum atomic E-state index is -0.233. The molecule has 1 aromatic heterocycles. The van der Waals surface area contributed by atoms with Crippen LogP contribution < -0.4 is 10.2 Å². The molecule has 3 aromatic rings. The van der Waals surface area contributed by atoms with Crippen molar-refractivity contribution in [3.05, 3.63) is 77.1 Å². The molecule has 0 aliphatic rings. The van der Waals surface area contributed by atoms with Gasteiger partial charge in [-0.1, -0.05) is 18.2 Å². The number of carbonyl (C=O) groups excluding carboxylic acids is 2. The zero-order valence-corrected chi connectivity index (χ0v) is 19.8. The Hall–Kier alpha value is -3.61. The second-order valence-electron chi connectivity index (χ2n) is 8.05. The Kier molecular flexibility index (Phi) is 8.24. The van der Waals surface area contributed by atoms with Gasteiger partial charge in [-0.25, -0.2) is 4.68 Å². The highest BCUT2D eigenvalue weighted by Gasteiger charge is 2.15. The van der Waals surface area contributed by atoms with Crippen LogP contribution in [-0.2, 0) is 16.0 Å². The number of anilines is 1. The van der Waals surface area contributed by atoms with Gasteiger partial charge in [0.05, 0.1) is 18.5 Å². The Balaban J connectivity index is 1.54. The van der Waals surface area contributed by atoms with E-state index in [1.165, 1.54) is 7.11 Å². The van der Waals surface area contributed by atoms with Crippen LogP contribution in [0.3, 0.4) is 0 Å².